The summed E-state index contributed by atoms with van der Waals surface area (Å²) >= 11 is 11.8. The van der Waals surface area contributed by atoms with Crippen molar-refractivity contribution in [3.63, 3.8) is 0 Å². The number of hydrogen-bond acceptors (Lipinski definition) is 6. The monoisotopic (exact) mass is 378 g/mol. The molecule has 3 rings (SSSR count). The van der Waals surface area contributed by atoms with Gasteiger partial charge in [0.25, 0.3) is 5.89 Å². The molecule has 0 aliphatic carbocycles. The van der Waals surface area contributed by atoms with Crippen LogP contribution < -0.4 is 4.74 Å². The number of carbonyl (C=O) groups excluding carboxylic acids is 1. The lowest BCUT2D eigenvalue weighted by Crippen LogP contribution is -2.14. The van der Waals surface area contributed by atoms with Crippen LogP contribution in [0.1, 0.15) is 5.89 Å². The molecule has 1 heterocycles. The Morgan fingerprint density at radius 3 is 2.60 bits per heavy atom. The zero-order valence-corrected chi connectivity index (χ0v) is 14.3. The Labute approximate surface area is 153 Å². The van der Waals surface area contributed by atoms with Crippen LogP contribution in [0.5, 0.6) is 5.75 Å². The molecule has 0 spiro atoms. The van der Waals surface area contributed by atoms with E-state index in [9.17, 15) is 4.79 Å². The maximum Gasteiger partial charge on any atom is 0.344 e. The van der Waals surface area contributed by atoms with Crippen molar-refractivity contribution >= 4 is 29.2 Å². The SMILES string of the molecule is O=C(COc1cccc(Cl)c1)OCc1nc(-c2cccc(Cl)c2)no1. The number of hydrogen-bond donors (Lipinski definition) is 0. The molecule has 0 atom stereocenters. The average Bonchev–Trinajstić information content (AvgIpc) is 3.07. The Morgan fingerprint density at radius 1 is 1.08 bits per heavy atom. The highest BCUT2D eigenvalue weighted by Crippen LogP contribution is 2.20. The minimum absolute atomic E-state index is 0.148. The van der Waals surface area contributed by atoms with Gasteiger partial charge in [-0.15, -0.1) is 0 Å². The van der Waals surface area contributed by atoms with Crippen LogP contribution >= 0.6 is 23.2 Å². The van der Waals surface area contributed by atoms with Crippen molar-refractivity contribution in [2.24, 2.45) is 0 Å². The predicted molar refractivity (Wildman–Crippen MR) is 91.5 cm³/mol. The summed E-state index contributed by atoms with van der Waals surface area (Å²) in [6, 6.07) is 13.7. The molecule has 6 nitrogen and oxygen atoms in total. The summed E-state index contributed by atoms with van der Waals surface area (Å²) in [5.74, 6) is 0.447. The maximum atomic E-state index is 11.7. The van der Waals surface area contributed by atoms with Crippen LogP contribution in [0.2, 0.25) is 10.0 Å². The van der Waals surface area contributed by atoms with Gasteiger partial charge < -0.3 is 14.0 Å². The first kappa shape index (κ1) is 17.3. The van der Waals surface area contributed by atoms with Crippen molar-refractivity contribution in [1.29, 1.82) is 0 Å². The van der Waals surface area contributed by atoms with Crippen LogP contribution in [0, 0.1) is 0 Å². The first-order valence-corrected chi connectivity index (χ1v) is 7.98. The second-order valence-corrected chi connectivity index (χ2v) is 5.80. The van der Waals surface area contributed by atoms with Crippen LogP contribution in [0.15, 0.2) is 53.1 Å². The van der Waals surface area contributed by atoms with Gasteiger partial charge in [0.05, 0.1) is 0 Å². The Hall–Kier alpha value is -2.57. The Balaban J connectivity index is 1.51. The number of ether oxygens (including phenoxy) is 2. The molecular weight excluding hydrogens is 367 g/mol. The summed E-state index contributed by atoms with van der Waals surface area (Å²) in [5, 5.41) is 4.91. The summed E-state index contributed by atoms with van der Waals surface area (Å²) in [6.45, 7) is -0.402. The molecular formula is C17H12Cl2N2O4. The van der Waals surface area contributed by atoms with Crippen LogP contribution in [0.3, 0.4) is 0 Å². The van der Waals surface area contributed by atoms with E-state index < -0.39 is 5.97 Å². The second kappa shape index (κ2) is 8.00. The van der Waals surface area contributed by atoms with Gasteiger partial charge in [0.1, 0.15) is 5.75 Å². The lowest BCUT2D eigenvalue weighted by atomic mass is 10.2. The molecule has 0 unspecified atom stereocenters. The van der Waals surface area contributed by atoms with Crippen molar-refractivity contribution in [2.45, 2.75) is 6.61 Å². The highest BCUT2D eigenvalue weighted by atomic mass is 35.5. The second-order valence-electron chi connectivity index (χ2n) is 4.93. The average molecular weight is 379 g/mol. The molecule has 0 amide bonds. The molecule has 0 aliphatic rings. The van der Waals surface area contributed by atoms with Gasteiger partial charge in [-0.25, -0.2) is 4.79 Å². The highest BCUT2D eigenvalue weighted by molar-refractivity contribution is 6.31. The van der Waals surface area contributed by atoms with Crippen molar-refractivity contribution in [3.8, 4) is 17.1 Å². The zero-order chi connectivity index (χ0) is 17.6. The standard InChI is InChI=1S/C17H12Cl2N2O4/c18-12-4-1-3-11(7-12)17-20-15(25-21-17)9-24-16(22)10-23-14-6-2-5-13(19)8-14/h1-8H,9-10H2. The number of benzene rings is 2. The van der Waals surface area contributed by atoms with Gasteiger partial charge in [-0.05, 0) is 30.3 Å². The van der Waals surface area contributed by atoms with Gasteiger partial charge in [0, 0.05) is 15.6 Å². The van der Waals surface area contributed by atoms with Crippen LogP contribution in [0.25, 0.3) is 11.4 Å². The highest BCUT2D eigenvalue weighted by Gasteiger charge is 2.12. The summed E-state index contributed by atoms with van der Waals surface area (Å²) in [6.07, 6.45) is 0. The third kappa shape index (κ3) is 4.95. The maximum absolute atomic E-state index is 11.7. The van der Waals surface area contributed by atoms with Gasteiger partial charge in [-0.3, -0.25) is 0 Å². The number of halogens is 2. The van der Waals surface area contributed by atoms with E-state index in [1.165, 1.54) is 0 Å². The first-order chi connectivity index (χ1) is 12.1. The molecule has 128 valence electrons. The van der Waals surface area contributed by atoms with Gasteiger partial charge >= 0.3 is 5.97 Å². The fraction of sp³-hybridized carbons (Fsp3) is 0.118. The van der Waals surface area contributed by atoms with E-state index in [-0.39, 0.29) is 19.1 Å². The number of esters is 1. The van der Waals surface area contributed by atoms with E-state index in [0.29, 0.717) is 27.2 Å². The summed E-state index contributed by atoms with van der Waals surface area (Å²) < 4.78 is 15.4. The molecule has 0 aliphatic heterocycles. The molecule has 0 radical (unpaired) electrons. The third-order valence-electron chi connectivity index (χ3n) is 3.06. The number of nitrogens with zero attached hydrogens (tertiary/aromatic N) is 2. The fourth-order valence-electron chi connectivity index (χ4n) is 1.94. The Bertz CT molecular complexity index is 882. The Kier molecular flexibility index (Phi) is 5.53. The van der Waals surface area contributed by atoms with Crippen molar-refractivity contribution in [2.75, 3.05) is 6.61 Å². The van der Waals surface area contributed by atoms with E-state index in [2.05, 4.69) is 10.1 Å². The van der Waals surface area contributed by atoms with E-state index in [1.54, 1.807) is 48.5 Å². The van der Waals surface area contributed by atoms with E-state index in [1.807, 2.05) is 0 Å². The van der Waals surface area contributed by atoms with Gasteiger partial charge in [-0.1, -0.05) is 46.6 Å². The predicted octanol–water partition coefficient (Wildman–Crippen LogP) is 4.17. The lowest BCUT2D eigenvalue weighted by Gasteiger charge is -2.05. The summed E-state index contributed by atoms with van der Waals surface area (Å²) in [7, 11) is 0. The number of carbonyl (C=O) groups is 1. The van der Waals surface area contributed by atoms with Gasteiger partial charge in [0.15, 0.2) is 13.2 Å². The minimum Gasteiger partial charge on any atom is -0.482 e. The molecule has 3 aromatic rings. The third-order valence-corrected chi connectivity index (χ3v) is 3.53. The molecule has 0 saturated carbocycles. The molecule has 0 saturated heterocycles. The summed E-state index contributed by atoms with van der Waals surface area (Å²) in [4.78, 5) is 15.9. The van der Waals surface area contributed by atoms with Crippen molar-refractivity contribution < 1.29 is 18.8 Å². The van der Waals surface area contributed by atoms with E-state index in [4.69, 9.17) is 37.2 Å². The molecule has 2 aromatic carbocycles. The quantitative estimate of drug-likeness (QED) is 0.599. The zero-order valence-electron chi connectivity index (χ0n) is 12.8. The smallest absolute Gasteiger partial charge is 0.344 e. The lowest BCUT2D eigenvalue weighted by molar-refractivity contribution is -0.148. The van der Waals surface area contributed by atoms with Gasteiger partial charge in [-0.2, -0.15) is 4.98 Å². The largest absolute Gasteiger partial charge is 0.482 e. The Morgan fingerprint density at radius 2 is 1.84 bits per heavy atom. The normalized spacial score (nSPS) is 10.5. The van der Waals surface area contributed by atoms with Crippen molar-refractivity contribution in [3.05, 3.63) is 64.5 Å². The molecule has 25 heavy (non-hydrogen) atoms. The first-order valence-electron chi connectivity index (χ1n) is 7.23. The molecule has 0 N–H and O–H groups in total. The van der Waals surface area contributed by atoms with Crippen LogP contribution in [0.4, 0.5) is 0 Å². The summed E-state index contributed by atoms with van der Waals surface area (Å²) in [5.41, 5.74) is 0.707. The van der Waals surface area contributed by atoms with Crippen LogP contribution in [-0.4, -0.2) is 22.7 Å². The molecule has 8 heteroatoms. The fourth-order valence-corrected chi connectivity index (χ4v) is 2.31. The topological polar surface area (TPSA) is 74.5 Å². The molecule has 0 fully saturated rings. The van der Waals surface area contributed by atoms with E-state index in [0.717, 1.165) is 0 Å². The number of aromatic nitrogens is 2. The minimum atomic E-state index is -0.567. The van der Waals surface area contributed by atoms with Gasteiger partial charge in [0.2, 0.25) is 5.82 Å². The molecule has 0 bridgehead atoms. The number of rotatable bonds is 6. The van der Waals surface area contributed by atoms with Crippen LogP contribution in [-0.2, 0) is 16.1 Å². The van der Waals surface area contributed by atoms with E-state index >= 15 is 0 Å². The van der Waals surface area contributed by atoms with Crippen molar-refractivity contribution in [1.82, 2.24) is 10.1 Å². The molecule has 1 aromatic heterocycles.